The van der Waals surface area contributed by atoms with Gasteiger partial charge in [-0.2, -0.15) is 0 Å². The first-order valence-electron chi connectivity index (χ1n) is 8.65. The Morgan fingerprint density at radius 1 is 1.22 bits per heavy atom. The summed E-state index contributed by atoms with van der Waals surface area (Å²) < 4.78 is 6.22. The number of amides is 1. The zero-order valence-corrected chi connectivity index (χ0v) is 17.2. The molecule has 0 bridgehead atoms. The Labute approximate surface area is 168 Å². The van der Waals surface area contributed by atoms with E-state index in [-0.39, 0.29) is 11.2 Å². The number of hydrogen-bond donors (Lipinski definition) is 1. The maximum Gasteiger partial charge on any atom is 0.233 e. The number of benzene rings is 2. The molecule has 6 heteroatoms. The highest BCUT2D eigenvalue weighted by atomic mass is 32.2. The summed E-state index contributed by atoms with van der Waals surface area (Å²) in [5.74, 6) is 0.763. The number of carbonyl (C=O) groups is 1. The van der Waals surface area contributed by atoms with E-state index >= 15 is 0 Å². The fraction of sp³-hybridized carbons (Fsp3) is 0.238. The molecule has 0 saturated heterocycles. The number of thioether (sulfide) groups is 1. The van der Waals surface area contributed by atoms with E-state index in [1.807, 2.05) is 36.6 Å². The Hall–Kier alpha value is -2.31. The van der Waals surface area contributed by atoms with Crippen molar-refractivity contribution in [3.63, 3.8) is 0 Å². The fourth-order valence-corrected chi connectivity index (χ4v) is 4.54. The molecule has 3 aromatic rings. The largest absolute Gasteiger partial charge is 0.496 e. The van der Waals surface area contributed by atoms with E-state index in [1.165, 1.54) is 17.3 Å². The lowest BCUT2D eigenvalue weighted by Crippen LogP contribution is -2.30. The number of rotatable bonds is 7. The van der Waals surface area contributed by atoms with Gasteiger partial charge >= 0.3 is 0 Å². The van der Waals surface area contributed by atoms with Gasteiger partial charge in [-0.1, -0.05) is 59.8 Å². The minimum absolute atomic E-state index is 0.0157. The average molecular weight is 399 g/mol. The number of carbonyl (C=O) groups excluding carboxylic acids is 1. The van der Waals surface area contributed by atoms with Crippen molar-refractivity contribution >= 4 is 29.0 Å². The minimum Gasteiger partial charge on any atom is -0.496 e. The molecular weight excluding hydrogens is 376 g/mol. The summed E-state index contributed by atoms with van der Waals surface area (Å²) in [6.07, 6.45) is 0. The monoisotopic (exact) mass is 398 g/mol. The molecule has 3 rings (SSSR count). The predicted octanol–water partition coefficient (Wildman–Crippen LogP) is 4.92. The highest BCUT2D eigenvalue weighted by molar-refractivity contribution is 8.02. The quantitative estimate of drug-likeness (QED) is 0.574. The molecule has 0 spiro atoms. The summed E-state index contributed by atoms with van der Waals surface area (Å²) in [5.41, 5.74) is 4.23. The molecule has 4 nitrogen and oxygen atoms in total. The number of nitrogens with zero attached hydrogens (tertiary/aromatic N) is 1. The number of hydrogen-bond acceptors (Lipinski definition) is 5. The second kappa shape index (κ2) is 9.06. The fourth-order valence-electron chi connectivity index (χ4n) is 2.55. The molecule has 1 amide bonds. The number of para-hydroxylation sites is 1. The molecule has 0 aliphatic carbocycles. The van der Waals surface area contributed by atoms with Crippen molar-refractivity contribution in [1.29, 1.82) is 0 Å². The van der Waals surface area contributed by atoms with Crippen LogP contribution in [0.15, 0.2) is 58.3 Å². The first-order chi connectivity index (χ1) is 13.1. The van der Waals surface area contributed by atoms with Crippen LogP contribution in [0.1, 0.15) is 18.1 Å². The maximum absolute atomic E-state index is 12.4. The van der Waals surface area contributed by atoms with Crippen molar-refractivity contribution in [1.82, 2.24) is 10.3 Å². The van der Waals surface area contributed by atoms with E-state index in [1.54, 1.807) is 18.4 Å². The lowest BCUT2D eigenvalue weighted by atomic mass is 10.1. The van der Waals surface area contributed by atoms with Crippen LogP contribution in [0.25, 0.3) is 11.3 Å². The average Bonchev–Trinajstić information content (AvgIpc) is 3.15. The lowest BCUT2D eigenvalue weighted by molar-refractivity contribution is -0.120. The summed E-state index contributed by atoms with van der Waals surface area (Å²) in [6.45, 7) is 4.41. The maximum atomic E-state index is 12.4. The number of aryl methyl sites for hydroxylation is 1. The molecule has 0 aliphatic heterocycles. The summed E-state index contributed by atoms with van der Waals surface area (Å²) >= 11 is 3.05. The topological polar surface area (TPSA) is 51.2 Å². The van der Waals surface area contributed by atoms with Crippen LogP contribution in [0.5, 0.6) is 5.75 Å². The Morgan fingerprint density at radius 3 is 2.70 bits per heavy atom. The first-order valence-corrected chi connectivity index (χ1v) is 10.4. The molecular formula is C21H22N2O2S2. The summed E-state index contributed by atoms with van der Waals surface area (Å²) in [6, 6.07) is 16.0. The third kappa shape index (κ3) is 5.11. The molecule has 0 saturated carbocycles. The van der Waals surface area contributed by atoms with Gasteiger partial charge in [-0.3, -0.25) is 4.79 Å². The SMILES string of the molecule is COc1ccccc1CNC(=O)[C@H](C)Sc1nc(-c2ccc(C)cc2)cs1. The van der Waals surface area contributed by atoms with Crippen LogP contribution in [0.3, 0.4) is 0 Å². The van der Waals surface area contributed by atoms with Gasteiger partial charge in [-0.05, 0) is 19.9 Å². The number of ether oxygens (including phenoxy) is 1. The van der Waals surface area contributed by atoms with Crippen molar-refractivity contribution in [3.8, 4) is 17.0 Å². The summed E-state index contributed by atoms with van der Waals surface area (Å²) in [4.78, 5) is 17.1. The number of thiazole rings is 1. The van der Waals surface area contributed by atoms with E-state index < -0.39 is 0 Å². The van der Waals surface area contributed by atoms with Gasteiger partial charge in [-0.15, -0.1) is 11.3 Å². The van der Waals surface area contributed by atoms with Gasteiger partial charge in [-0.25, -0.2) is 4.98 Å². The van der Waals surface area contributed by atoms with Crippen LogP contribution < -0.4 is 10.1 Å². The Morgan fingerprint density at radius 2 is 1.96 bits per heavy atom. The highest BCUT2D eigenvalue weighted by Gasteiger charge is 2.17. The van der Waals surface area contributed by atoms with Gasteiger partial charge in [0, 0.05) is 23.1 Å². The molecule has 0 aliphatic rings. The second-order valence-corrected chi connectivity index (χ2v) is 8.60. The van der Waals surface area contributed by atoms with E-state index in [9.17, 15) is 4.79 Å². The number of nitrogens with one attached hydrogen (secondary N) is 1. The lowest BCUT2D eigenvalue weighted by Gasteiger charge is -2.12. The van der Waals surface area contributed by atoms with Gasteiger partial charge < -0.3 is 10.1 Å². The third-order valence-corrected chi connectivity index (χ3v) is 6.19. The molecule has 1 atom stereocenters. The second-order valence-electron chi connectivity index (χ2n) is 6.15. The van der Waals surface area contributed by atoms with Gasteiger partial charge in [0.05, 0.1) is 18.1 Å². The molecule has 27 heavy (non-hydrogen) atoms. The third-order valence-electron chi connectivity index (χ3n) is 4.12. The van der Waals surface area contributed by atoms with Gasteiger partial charge in [0.1, 0.15) is 5.75 Å². The van der Waals surface area contributed by atoms with Crippen LogP contribution in [0, 0.1) is 6.92 Å². The van der Waals surface area contributed by atoms with Crippen LogP contribution in [0.2, 0.25) is 0 Å². The van der Waals surface area contributed by atoms with Gasteiger partial charge in [0.15, 0.2) is 4.34 Å². The summed E-state index contributed by atoms with van der Waals surface area (Å²) in [5, 5.41) is 4.78. The zero-order valence-electron chi connectivity index (χ0n) is 15.6. The molecule has 1 N–H and O–H groups in total. The van der Waals surface area contributed by atoms with Crippen LogP contribution >= 0.6 is 23.1 Å². The molecule has 140 valence electrons. The van der Waals surface area contributed by atoms with Crippen LogP contribution in [0.4, 0.5) is 0 Å². The minimum atomic E-state index is -0.225. The molecule has 1 heterocycles. The van der Waals surface area contributed by atoms with Crippen molar-refractivity contribution in [2.24, 2.45) is 0 Å². The van der Waals surface area contributed by atoms with Crippen molar-refractivity contribution in [2.45, 2.75) is 30.0 Å². The van der Waals surface area contributed by atoms with Gasteiger partial charge in [0.25, 0.3) is 0 Å². The van der Waals surface area contributed by atoms with Crippen molar-refractivity contribution < 1.29 is 9.53 Å². The van der Waals surface area contributed by atoms with E-state index in [0.717, 1.165) is 26.9 Å². The van der Waals surface area contributed by atoms with Crippen molar-refractivity contribution in [2.75, 3.05) is 7.11 Å². The van der Waals surface area contributed by atoms with Gasteiger partial charge in [0.2, 0.25) is 5.91 Å². The molecule has 2 aromatic carbocycles. The Kier molecular flexibility index (Phi) is 6.53. The summed E-state index contributed by atoms with van der Waals surface area (Å²) in [7, 11) is 1.63. The van der Waals surface area contributed by atoms with Crippen molar-refractivity contribution in [3.05, 3.63) is 65.0 Å². The van der Waals surface area contributed by atoms with Crippen LogP contribution in [-0.4, -0.2) is 23.3 Å². The van der Waals surface area contributed by atoms with E-state index in [2.05, 4.69) is 41.5 Å². The van der Waals surface area contributed by atoms with E-state index in [4.69, 9.17) is 4.74 Å². The predicted molar refractivity (Wildman–Crippen MR) is 112 cm³/mol. The number of methoxy groups -OCH3 is 1. The normalized spacial score (nSPS) is 11.8. The van der Waals surface area contributed by atoms with E-state index in [0.29, 0.717) is 6.54 Å². The van der Waals surface area contributed by atoms with Crippen LogP contribution in [-0.2, 0) is 11.3 Å². The zero-order chi connectivity index (χ0) is 19.2. The molecule has 0 radical (unpaired) electrons. The molecule has 0 fully saturated rings. The number of aromatic nitrogens is 1. The molecule has 1 aromatic heterocycles. The first kappa shape index (κ1) is 19.5. The highest BCUT2D eigenvalue weighted by Crippen LogP contribution is 2.31. The molecule has 0 unspecified atom stereocenters. The Bertz CT molecular complexity index is 907. The standard InChI is InChI=1S/C21H22N2O2S2/c1-14-8-10-16(11-9-14)18-13-26-21(23-18)27-15(2)20(24)22-12-17-6-4-5-7-19(17)25-3/h4-11,13,15H,12H2,1-3H3,(H,22,24)/t15-/m0/s1. The smallest absolute Gasteiger partial charge is 0.233 e. The Balaban J connectivity index is 1.57.